The standard InChI is InChI=1S/C20H22ClNO/c1-14(2)15(3)22-20(23)18(16-9-5-4-6-10-16)13-17-11-7-8-12-19(17)21/h4-15H,1-3H3,(H,22,23)/b18-13+/t15-/m0/s1. The summed E-state index contributed by atoms with van der Waals surface area (Å²) in [4.78, 5) is 12.8. The van der Waals surface area contributed by atoms with E-state index in [0.29, 0.717) is 16.5 Å². The summed E-state index contributed by atoms with van der Waals surface area (Å²) in [6, 6.07) is 17.3. The molecule has 0 spiro atoms. The maximum absolute atomic E-state index is 12.8. The molecule has 3 heteroatoms. The van der Waals surface area contributed by atoms with Crippen LogP contribution < -0.4 is 5.32 Å². The van der Waals surface area contributed by atoms with Gasteiger partial charge in [0.1, 0.15) is 0 Å². The van der Waals surface area contributed by atoms with Gasteiger partial charge in [-0.3, -0.25) is 4.79 Å². The topological polar surface area (TPSA) is 29.1 Å². The Kier molecular flexibility index (Phi) is 6.00. The van der Waals surface area contributed by atoms with E-state index in [2.05, 4.69) is 19.2 Å². The largest absolute Gasteiger partial charge is 0.349 e. The van der Waals surface area contributed by atoms with E-state index >= 15 is 0 Å². The second-order valence-electron chi connectivity index (χ2n) is 5.95. The van der Waals surface area contributed by atoms with Gasteiger partial charge in [0.05, 0.1) is 0 Å². The molecule has 0 aliphatic heterocycles. The average molecular weight is 328 g/mol. The van der Waals surface area contributed by atoms with Crippen molar-refractivity contribution in [3.63, 3.8) is 0 Å². The van der Waals surface area contributed by atoms with Crippen molar-refractivity contribution < 1.29 is 4.79 Å². The Morgan fingerprint density at radius 1 is 1.00 bits per heavy atom. The number of amides is 1. The Morgan fingerprint density at radius 2 is 1.61 bits per heavy atom. The predicted octanol–water partition coefficient (Wildman–Crippen LogP) is 5.04. The second kappa shape index (κ2) is 7.98. The van der Waals surface area contributed by atoms with Crippen molar-refractivity contribution in [2.75, 3.05) is 0 Å². The minimum absolute atomic E-state index is 0.0858. The van der Waals surface area contributed by atoms with Gasteiger partial charge in [0.2, 0.25) is 0 Å². The predicted molar refractivity (Wildman–Crippen MR) is 98.2 cm³/mol. The van der Waals surface area contributed by atoms with E-state index < -0.39 is 0 Å². The van der Waals surface area contributed by atoms with Gasteiger partial charge in [0.15, 0.2) is 0 Å². The number of rotatable bonds is 5. The summed E-state index contributed by atoms with van der Waals surface area (Å²) >= 11 is 6.24. The van der Waals surface area contributed by atoms with Crippen molar-refractivity contribution in [1.29, 1.82) is 0 Å². The second-order valence-corrected chi connectivity index (χ2v) is 6.36. The fraction of sp³-hybridized carbons (Fsp3) is 0.250. The molecule has 0 bridgehead atoms. The molecule has 1 amide bonds. The zero-order valence-corrected chi connectivity index (χ0v) is 14.5. The third kappa shape index (κ3) is 4.70. The molecule has 120 valence electrons. The van der Waals surface area contributed by atoms with Crippen LogP contribution in [0.25, 0.3) is 11.6 Å². The van der Waals surface area contributed by atoms with Crippen molar-refractivity contribution in [2.45, 2.75) is 26.8 Å². The zero-order valence-electron chi connectivity index (χ0n) is 13.7. The molecule has 0 fully saturated rings. The Labute approximate surface area is 143 Å². The van der Waals surface area contributed by atoms with Crippen LogP contribution in [0, 0.1) is 5.92 Å². The van der Waals surface area contributed by atoms with E-state index in [0.717, 1.165) is 11.1 Å². The Balaban J connectivity index is 2.41. The minimum atomic E-state index is -0.0858. The van der Waals surface area contributed by atoms with Crippen LogP contribution in [0.2, 0.25) is 5.02 Å². The van der Waals surface area contributed by atoms with Crippen molar-refractivity contribution in [2.24, 2.45) is 5.92 Å². The molecule has 2 nitrogen and oxygen atoms in total. The molecule has 1 atom stereocenters. The minimum Gasteiger partial charge on any atom is -0.349 e. The molecule has 0 aliphatic rings. The van der Waals surface area contributed by atoms with E-state index in [1.807, 2.05) is 67.6 Å². The van der Waals surface area contributed by atoms with Crippen molar-refractivity contribution in [3.05, 3.63) is 70.7 Å². The summed E-state index contributed by atoms with van der Waals surface area (Å²) < 4.78 is 0. The number of carbonyl (C=O) groups is 1. The molecule has 0 aromatic heterocycles. The monoisotopic (exact) mass is 327 g/mol. The van der Waals surface area contributed by atoms with E-state index in [-0.39, 0.29) is 11.9 Å². The number of hydrogen-bond acceptors (Lipinski definition) is 1. The number of benzene rings is 2. The summed E-state index contributed by atoms with van der Waals surface area (Å²) in [7, 11) is 0. The molecule has 0 unspecified atom stereocenters. The third-order valence-corrected chi connectivity index (χ3v) is 4.24. The average Bonchev–Trinajstić information content (AvgIpc) is 2.54. The van der Waals surface area contributed by atoms with Crippen LogP contribution in [0.15, 0.2) is 54.6 Å². The lowest BCUT2D eigenvalue weighted by atomic mass is 10.00. The Hall–Kier alpha value is -2.06. The Bertz CT molecular complexity index is 692. The van der Waals surface area contributed by atoms with Crippen LogP contribution in [0.4, 0.5) is 0 Å². The van der Waals surface area contributed by atoms with Gasteiger partial charge in [0, 0.05) is 16.6 Å². The molecule has 1 N–H and O–H groups in total. The molecule has 23 heavy (non-hydrogen) atoms. The summed E-state index contributed by atoms with van der Waals surface area (Å²) in [6.45, 7) is 6.19. The van der Waals surface area contributed by atoms with Gasteiger partial charge in [-0.15, -0.1) is 0 Å². The van der Waals surface area contributed by atoms with Crippen LogP contribution in [0.1, 0.15) is 31.9 Å². The van der Waals surface area contributed by atoms with Gasteiger partial charge in [-0.25, -0.2) is 0 Å². The highest BCUT2D eigenvalue weighted by molar-refractivity contribution is 6.33. The molecule has 2 aromatic carbocycles. The lowest BCUT2D eigenvalue weighted by Crippen LogP contribution is -2.36. The van der Waals surface area contributed by atoms with Crippen molar-refractivity contribution >= 4 is 29.2 Å². The first kappa shape index (κ1) is 17.3. The fourth-order valence-corrected chi connectivity index (χ4v) is 2.29. The molecule has 0 radical (unpaired) electrons. The first-order valence-electron chi connectivity index (χ1n) is 7.81. The zero-order chi connectivity index (χ0) is 16.8. The van der Waals surface area contributed by atoms with Gasteiger partial charge in [-0.2, -0.15) is 0 Å². The number of hydrogen-bond donors (Lipinski definition) is 1. The lowest BCUT2D eigenvalue weighted by molar-refractivity contribution is -0.116. The maximum atomic E-state index is 12.8. The first-order valence-corrected chi connectivity index (χ1v) is 8.19. The fourth-order valence-electron chi connectivity index (χ4n) is 2.10. The number of carbonyl (C=O) groups excluding carboxylic acids is 1. The van der Waals surface area contributed by atoms with Gasteiger partial charge < -0.3 is 5.32 Å². The number of halogens is 1. The molecular weight excluding hydrogens is 306 g/mol. The van der Waals surface area contributed by atoms with Crippen molar-refractivity contribution in [3.8, 4) is 0 Å². The van der Waals surface area contributed by atoms with E-state index in [4.69, 9.17) is 11.6 Å². The maximum Gasteiger partial charge on any atom is 0.252 e. The van der Waals surface area contributed by atoms with Crippen LogP contribution in [-0.2, 0) is 4.79 Å². The summed E-state index contributed by atoms with van der Waals surface area (Å²) in [6.07, 6.45) is 1.85. The molecule has 0 saturated carbocycles. The molecule has 0 aliphatic carbocycles. The molecule has 2 aromatic rings. The first-order chi connectivity index (χ1) is 11.0. The van der Waals surface area contributed by atoms with Gasteiger partial charge in [-0.05, 0) is 36.1 Å². The summed E-state index contributed by atoms with van der Waals surface area (Å²) in [5.41, 5.74) is 2.33. The highest BCUT2D eigenvalue weighted by Gasteiger charge is 2.16. The molecule has 0 saturated heterocycles. The SMILES string of the molecule is CC(C)[C@H](C)NC(=O)/C(=C/c1ccccc1Cl)c1ccccc1. The third-order valence-electron chi connectivity index (χ3n) is 3.89. The van der Waals surface area contributed by atoms with Gasteiger partial charge in [0.25, 0.3) is 5.91 Å². The van der Waals surface area contributed by atoms with Crippen LogP contribution in [-0.4, -0.2) is 11.9 Å². The molecule has 2 rings (SSSR count). The van der Waals surface area contributed by atoms with E-state index in [9.17, 15) is 4.79 Å². The highest BCUT2D eigenvalue weighted by atomic mass is 35.5. The van der Waals surface area contributed by atoms with Crippen LogP contribution in [0.3, 0.4) is 0 Å². The smallest absolute Gasteiger partial charge is 0.252 e. The van der Waals surface area contributed by atoms with Crippen molar-refractivity contribution in [1.82, 2.24) is 5.32 Å². The normalized spacial score (nSPS) is 13.0. The highest BCUT2D eigenvalue weighted by Crippen LogP contribution is 2.23. The van der Waals surface area contributed by atoms with Gasteiger partial charge in [-0.1, -0.05) is 74.0 Å². The van der Waals surface area contributed by atoms with E-state index in [1.54, 1.807) is 0 Å². The van der Waals surface area contributed by atoms with E-state index in [1.165, 1.54) is 0 Å². The summed E-state index contributed by atoms with van der Waals surface area (Å²) in [5.74, 6) is 0.286. The quantitative estimate of drug-likeness (QED) is 0.605. The summed E-state index contributed by atoms with van der Waals surface area (Å²) in [5, 5.41) is 3.70. The lowest BCUT2D eigenvalue weighted by Gasteiger charge is -2.19. The van der Waals surface area contributed by atoms with Crippen LogP contribution >= 0.6 is 11.6 Å². The number of nitrogens with one attached hydrogen (secondary N) is 1. The van der Waals surface area contributed by atoms with Gasteiger partial charge >= 0.3 is 0 Å². The molecular formula is C20H22ClNO. The van der Waals surface area contributed by atoms with Crippen LogP contribution in [0.5, 0.6) is 0 Å². The Morgan fingerprint density at radius 3 is 2.22 bits per heavy atom. The molecule has 0 heterocycles.